The predicted molar refractivity (Wildman–Crippen MR) is 113 cm³/mol. The van der Waals surface area contributed by atoms with Crippen LogP contribution in [-0.4, -0.2) is 35.4 Å². The van der Waals surface area contributed by atoms with E-state index in [9.17, 15) is 0 Å². The van der Waals surface area contributed by atoms with Gasteiger partial charge in [0.05, 0.1) is 5.56 Å². The van der Waals surface area contributed by atoms with Crippen molar-refractivity contribution in [2.45, 2.75) is 58.9 Å². The van der Waals surface area contributed by atoms with Crippen LogP contribution in [0, 0.1) is 0 Å². The molecule has 0 aliphatic carbocycles. The average molecular weight is 412 g/mol. The van der Waals surface area contributed by atoms with Gasteiger partial charge in [0, 0.05) is 0 Å². The third kappa shape index (κ3) is 8.30. The molecule has 0 spiro atoms. The molecule has 25 heavy (non-hydrogen) atoms. The second-order valence-corrected chi connectivity index (χ2v) is 22.3. The van der Waals surface area contributed by atoms with Gasteiger partial charge in [0.25, 0.3) is 5.95 Å². The zero-order valence-electron chi connectivity index (χ0n) is 16.9. The van der Waals surface area contributed by atoms with Crippen molar-refractivity contribution < 1.29 is 17.7 Å². The molecule has 0 aromatic heterocycles. The van der Waals surface area contributed by atoms with E-state index in [-0.39, 0.29) is 0 Å². The van der Waals surface area contributed by atoms with Gasteiger partial charge < -0.3 is 17.7 Å². The second-order valence-electron chi connectivity index (χ2n) is 8.86. The molecule has 1 rings (SSSR count). The average Bonchev–Trinajstić information content (AvgIpc) is 2.39. The maximum Gasteiger partial charge on any atom is 0.345 e. The van der Waals surface area contributed by atoms with Crippen molar-refractivity contribution in [3.63, 3.8) is 0 Å². The highest BCUT2D eigenvalue weighted by atomic mass is 28.4. The van der Waals surface area contributed by atoms with Gasteiger partial charge in [-0.1, -0.05) is 12.1 Å². The van der Waals surface area contributed by atoms with Crippen molar-refractivity contribution in [1.82, 2.24) is 0 Å². The molecule has 0 bridgehead atoms. The Balaban J connectivity index is 3.53. The van der Waals surface area contributed by atoms with Crippen LogP contribution in [0.5, 0.6) is 5.75 Å². The van der Waals surface area contributed by atoms with Crippen LogP contribution in [0.15, 0.2) is 30.2 Å². The lowest BCUT2D eigenvalue weighted by molar-refractivity contribution is 0.224. The molecule has 3 radical (unpaired) electrons. The van der Waals surface area contributed by atoms with Crippen LogP contribution >= 0.6 is 0 Å². The molecule has 0 heterocycles. The lowest BCUT2D eigenvalue weighted by Crippen LogP contribution is -2.31. The van der Waals surface area contributed by atoms with Crippen LogP contribution in [-0.2, 0) is 13.3 Å². The molecule has 0 fully saturated rings. The van der Waals surface area contributed by atoms with Crippen LogP contribution in [0.4, 0.5) is 0 Å². The Morgan fingerprint density at radius 1 is 0.760 bits per heavy atom. The first-order valence-electron chi connectivity index (χ1n) is 8.46. The van der Waals surface area contributed by atoms with Crippen molar-refractivity contribution in [2.24, 2.45) is 0 Å². The van der Waals surface area contributed by atoms with Crippen molar-refractivity contribution in [2.75, 3.05) is 0 Å². The summed E-state index contributed by atoms with van der Waals surface area (Å²) in [6.07, 6.45) is 0. The zero-order valence-corrected chi connectivity index (χ0v) is 20.9. The zero-order chi connectivity index (χ0) is 19.5. The van der Waals surface area contributed by atoms with Crippen LogP contribution < -0.4 is 4.43 Å². The summed E-state index contributed by atoms with van der Waals surface area (Å²) in [6.45, 7) is 19.2. The molecule has 0 atom stereocenters. The Morgan fingerprint density at radius 3 is 1.72 bits per heavy atom. The van der Waals surface area contributed by atoms with Gasteiger partial charge in [-0.2, -0.15) is 0 Å². The number of hydrogen-bond acceptors (Lipinski definition) is 4. The number of rotatable bonds is 8. The molecule has 4 nitrogen and oxygen atoms in total. The summed E-state index contributed by atoms with van der Waals surface area (Å²) in [5.74, 6) is 1.77. The molecule has 1 aromatic carbocycles. The maximum absolute atomic E-state index is 6.37. The number of hydrogen-bond donors (Lipinski definition) is 0. The summed E-state index contributed by atoms with van der Waals surface area (Å²) in [5, 5.41) is 0. The lowest BCUT2D eigenvalue weighted by atomic mass is 10.2. The van der Waals surface area contributed by atoms with Gasteiger partial charge in [0.15, 0.2) is 5.76 Å². The van der Waals surface area contributed by atoms with E-state index in [0.717, 1.165) is 11.3 Å². The van der Waals surface area contributed by atoms with Gasteiger partial charge in [-0.25, -0.2) is 0 Å². The molecule has 8 heteroatoms. The van der Waals surface area contributed by atoms with E-state index in [1.165, 1.54) is 0 Å². The van der Waals surface area contributed by atoms with Crippen LogP contribution in [0.1, 0.15) is 5.56 Å². The van der Waals surface area contributed by atoms with Crippen molar-refractivity contribution in [3.8, 4) is 5.75 Å². The Kier molecular flexibility index (Phi) is 7.19. The highest BCUT2D eigenvalue weighted by Crippen LogP contribution is 2.34. The van der Waals surface area contributed by atoms with Crippen molar-refractivity contribution in [1.29, 1.82) is 0 Å². The molecular formula is C17H31O4Si4. The highest BCUT2D eigenvalue weighted by Gasteiger charge is 2.29. The smallest absolute Gasteiger partial charge is 0.345 e. The number of para-hydroxylation sites is 1. The minimum absolute atomic E-state index is 0.366. The molecule has 0 aliphatic rings. The van der Waals surface area contributed by atoms with Crippen molar-refractivity contribution in [3.05, 3.63) is 35.8 Å². The Morgan fingerprint density at radius 2 is 1.28 bits per heavy atom. The molecule has 0 saturated carbocycles. The van der Waals surface area contributed by atoms with E-state index in [2.05, 4.69) is 69.4 Å². The van der Waals surface area contributed by atoms with Gasteiger partial charge in [-0.05, 0) is 71.1 Å². The van der Waals surface area contributed by atoms with Gasteiger partial charge in [0.1, 0.15) is 5.75 Å². The number of benzene rings is 1. The molecular weight excluding hydrogens is 381 g/mol. The fourth-order valence-electron chi connectivity index (χ4n) is 1.98. The quantitative estimate of drug-likeness (QED) is 0.428. The molecule has 0 amide bonds. The second kappa shape index (κ2) is 8.15. The van der Waals surface area contributed by atoms with Crippen LogP contribution in [0.3, 0.4) is 0 Å². The van der Waals surface area contributed by atoms with E-state index in [1.807, 2.05) is 24.3 Å². The lowest BCUT2D eigenvalue weighted by Gasteiger charge is -2.29. The Hall–Kier alpha value is -0.972. The highest BCUT2D eigenvalue weighted by molar-refractivity contribution is 6.71. The van der Waals surface area contributed by atoms with Gasteiger partial charge >= 0.3 is 10.5 Å². The van der Waals surface area contributed by atoms with E-state index in [1.54, 1.807) is 0 Å². The molecule has 1 aromatic rings. The fraction of sp³-hybridized carbons (Fsp3) is 0.529. The summed E-state index contributed by atoms with van der Waals surface area (Å²) in [6, 6.07) is 7.91. The molecule has 0 N–H and O–H groups in total. The third-order valence-corrected chi connectivity index (χ3v) is 5.27. The van der Waals surface area contributed by atoms with Gasteiger partial charge in [-0.3, -0.25) is 0 Å². The van der Waals surface area contributed by atoms with E-state index < -0.39 is 25.0 Å². The monoisotopic (exact) mass is 411 g/mol. The maximum atomic E-state index is 6.37. The first-order chi connectivity index (χ1) is 11.2. The molecule has 0 saturated heterocycles. The SMILES string of the molecule is C[Si](C)(C)OC(O[Si])=C(O[Si](C)(C)C)c1ccccc1O[Si](C)(C)C. The minimum atomic E-state index is -1.91. The summed E-state index contributed by atoms with van der Waals surface area (Å²) in [4.78, 5) is 0. The van der Waals surface area contributed by atoms with Crippen LogP contribution in [0.2, 0.25) is 58.9 Å². The topological polar surface area (TPSA) is 36.9 Å². The Labute approximate surface area is 159 Å². The van der Waals surface area contributed by atoms with Crippen LogP contribution in [0.25, 0.3) is 5.76 Å². The van der Waals surface area contributed by atoms with Gasteiger partial charge in [0.2, 0.25) is 25.0 Å². The first-order valence-corrected chi connectivity index (χ1v) is 19.1. The molecule has 0 unspecified atom stereocenters. The van der Waals surface area contributed by atoms with E-state index in [0.29, 0.717) is 11.7 Å². The normalized spacial score (nSPS) is 13.8. The summed E-state index contributed by atoms with van der Waals surface area (Å²) >= 11 is 0. The van der Waals surface area contributed by atoms with Crippen molar-refractivity contribution >= 4 is 41.2 Å². The largest absolute Gasteiger partial charge is 0.544 e. The summed E-state index contributed by atoms with van der Waals surface area (Å²) in [7, 11) is -2.42. The summed E-state index contributed by atoms with van der Waals surface area (Å²) in [5.41, 5.74) is 0.860. The summed E-state index contributed by atoms with van der Waals surface area (Å²) < 4.78 is 24.2. The fourth-order valence-corrected chi connectivity index (χ4v) is 4.53. The van der Waals surface area contributed by atoms with Gasteiger partial charge in [-0.15, -0.1) is 0 Å². The first kappa shape index (κ1) is 22.1. The third-order valence-electron chi connectivity index (χ3n) is 2.63. The van der Waals surface area contributed by atoms with E-state index >= 15 is 0 Å². The Bertz CT molecular complexity index is 610. The molecule has 0 aliphatic heterocycles. The standard InChI is InChI=1S/C17H31O4Si4/c1-23(2,3)19-15-13-11-10-12-14(15)16(20-24(4,5)6)17(18-22)21-25(7,8)9/h10-13H,1-9H3. The molecule has 139 valence electrons. The van der Waals surface area contributed by atoms with E-state index in [4.69, 9.17) is 17.7 Å². The predicted octanol–water partition coefficient (Wildman–Crippen LogP) is 5.33. The minimum Gasteiger partial charge on any atom is -0.544 e.